The standard InChI is InChI=1S/C58H43N/c1-57(2)53-28-16-14-26-49(53)51-36-34-46(39-56(51)57)59(44-32-30-41(31-33-44)48-25-13-12-24-47(48)40-18-6-3-7-19-40)45-35-37-55-52(38-45)50-27-15-17-29-54(50)58(55,42-20-8-4-9-21-42)43-22-10-5-11-23-43/h3-39H,1-2H3. The lowest BCUT2D eigenvalue weighted by Gasteiger charge is -2.34. The molecule has 9 aromatic carbocycles. The Hall–Kier alpha value is -7.22. The van der Waals surface area contributed by atoms with Crippen molar-refractivity contribution in [3.8, 4) is 44.5 Å². The van der Waals surface area contributed by atoms with Crippen LogP contribution in [-0.4, -0.2) is 0 Å². The molecule has 59 heavy (non-hydrogen) atoms. The van der Waals surface area contributed by atoms with Crippen molar-refractivity contribution in [1.29, 1.82) is 0 Å². The monoisotopic (exact) mass is 753 g/mol. The van der Waals surface area contributed by atoms with E-state index in [2.05, 4.69) is 243 Å². The summed E-state index contributed by atoms with van der Waals surface area (Å²) in [6, 6.07) is 82.9. The molecule has 9 aromatic rings. The normalized spacial score (nSPS) is 13.9. The number of fused-ring (bicyclic) bond motifs is 6. The molecule has 2 aliphatic carbocycles. The van der Waals surface area contributed by atoms with Gasteiger partial charge in [0.05, 0.1) is 5.41 Å². The van der Waals surface area contributed by atoms with E-state index in [1.54, 1.807) is 0 Å². The minimum absolute atomic E-state index is 0.125. The van der Waals surface area contributed by atoms with Crippen molar-refractivity contribution in [3.05, 3.63) is 258 Å². The highest BCUT2D eigenvalue weighted by atomic mass is 15.1. The average molecular weight is 754 g/mol. The first-order chi connectivity index (χ1) is 29.0. The van der Waals surface area contributed by atoms with Crippen molar-refractivity contribution in [2.24, 2.45) is 0 Å². The molecule has 1 heteroatoms. The third-order valence-corrected chi connectivity index (χ3v) is 13.0. The largest absolute Gasteiger partial charge is 0.310 e. The molecule has 0 unspecified atom stereocenters. The molecule has 0 saturated carbocycles. The van der Waals surface area contributed by atoms with Gasteiger partial charge in [-0.2, -0.15) is 0 Å². The molecule has 0 aromatic heterocycles. The van der Waals surface area contributed by atoms with Gasteiger partial charge in [0.15, 0.2) is 0 Å². The van der Waals surface area contributed by atoms with Gasteiger partial charge in [0.25, 0.3) is 0 Å². The van der Waals surface area contributed by atoms with Crippen LogP contribution in [0.4, 0.5) is 17.1 Å². The first kappa shape index (κ1) is 35.0. The van der Waals surface area contributed by atoms with Crippen molar-refractivity contribution < 1.29 is 0 Å². The molecule has 1 nitrogen and oxygen atoms in total. The molecule has 0 spiro atoms. The fourth-order valence-corrected chi connectivity index (χ4v) is 10.2. The van der Waals surface area contributed by atoms with Crippen molar-refractivity contribution in [2.75, 3.05) is 4.90 Å². The summed E-state index contributed by atoms with van der Waals surface area (Å²) in [6.07, 6.45) is 0. The van der Waals surface area contributed by atoms with E-state index in [-0.39, 0.29) is 5.41 Å². The zero-order chi connectivity index (χ0) is 39.6. The van der Waals surface area contributed by atoms with Crippen LogP contribution >= 0.6 is 0 Å². The molecule has 0 radical (unpaired) electrons. The lowest BCUT2D eigenvalue weighted by Crippen LogP contribution is -2.28. The number of anilines is 3. The van der Waals surface area contributed by atoms with Crippen molar-refractivity contribution in [1.82, 2.24) is 0 Å². The summed E-state index contributed by atoms with van der Waals surface area (Å²) in [5, 5.41) is 0. The van der Waals surface area contributed by atoms with Gasteiger partial charge in [-0.3, -0.25) is 0 Å². The van der Waals surface area contributed by atoms with Gasteiger partial charge in [-0.25, -0.2) is 0 Å². The first-order valence-electron chi connectivity index (χ1n) is 20.7. The van der Waals surface area contributed by atoms with E-state index in [1.165, 1.54) is 77.9 Å². The third-order valence-electron chi connectivity index (χ3n) is 13.0. The maximum Gasteiger partial charge on any atom is 0.0713 e. The molecule has 280 valence electrons. The van der Waals surface area contributed by atoms with Gasteiger partial charge in [0.1, 0.15) is 0 Å². The van der Waals surface area contributed by atoms with Gasteiger partial charge in [-0.15, -0.1) is 0 Å². The highest BCUT2D eigenvalue weighted by Gasteiger charge is 2.46. The molecule has 0 N–H and O–H groups in total. The quantitative estimate of drug-likeness (QED) is 0.157. The first-order valence-corrected chi connectivity index (χ1v) is 20.7. The smallest absolute Gasteiger partial charge is 0.0713 e. The molecule has 2 aliphatic rings. The van der Waals surface area contributed by atoms with Crippen molar-refractivity contribution >= 4 is 17.1 Å². The zero-order valence-corrected chi connectivity index (χ0v) is 33.3. The molecule has 11 rings (SSSR count). The summed E-state index contributed by atoms with van der Waals surface area (Å²) >= 11 is 0. The Labute approximate surface area is 347 Å². The Bertz CT molecular complexity index is 2960. The Morgan fingerprint density at radius 3 is 1.34 bits per heavy atom. The summed E-state index contributed by atoms with van der Waals surface area (Å²) in [6.45, 7) is 4.73. The number of hydrogen-bond donors (Lipinski definition) is 0. The summed E-state index contributed by atoms with van der Waals surface area (Å²) in [5.74, 6) is 0. The number of hydrogen-bond acceptors (Lipinski definition) is 1. The topological polar surface area (TPSA) is 3.24 Å². The maximum atomic E-state index is 2.46. The minimum atomic E-state index is -0.449. The predicted molar refractivity (Wildman–Crippen MR) is 247 cm³/mol. The van der Waals surface area contributed by atoms with Gasteiger partial charge >= 0.3 is 0 Å². The van der Waals surface area contributed by atoms with E-state index < -0.39 is 5.41 Å². The second-order valence-corrected chi connectivity index (χ2v) is 16.5. The molecule has 0 aliphatic heterocycles. The Morgan fingerprint density at radius 2 is 0.712 bits per heavy atom. The highest BCUT2D eigenvalue weighted by molar-refractivity contribution is 5.92. The van der Waals surface area contributed by atoms with Gasteiger partial charge in [0.2, 0.25) is 0 Å². The van der Waals surface area contributed by atoms with Crippen LogP contribution in [-0.2, 0) is 10.8 Å². The maximum absolute atomic E-state index is 2.46. The van der Waals surface area contributed by atoms with E-state index in [1.807, 2.05) is 0 Å². The second kappa shape index (κ2) is 13.7. The average Bonchev–Trinajstić information content (AvgIpc) is 3.73. The Balaban J connectivity index is 1.11. The van der Waals surface area contributed by atoms with Crippen LogP contribution < -0.4 is 4.90 Å². The third kappa shape index (κ3) is 5.39. The van der Waals surface area contributed by atoms with Crippen LogP contribution in [0.1, 0.15) is 47.2 Å². The summed E-state index contributed by atoms with van der Waals surface area (Å²) < 4.78 is 0. The van der Waals surface area contributed by atoms with Crippen LogP contribution in [0.25, 0.3) is 44.5 Å². The molecule has 0 heterocycles. The fraction of sp³-hybridized carbons (Fsp3) is 0.0690. The lowest BCUT2D eigenvalue weighted by molar-refractivity contribution is 0.660. The number of benzene rings is 9. The highest BCUT2D eigenvalue weighted by Crippen LogP contribution is 2.57. The summed E-state index contributed by atoms with van der Waals surface area (Å²) in [5.41, 5.74) is 20.8. The van der Waals surface area contributed by atoms with Gasteiger partial charge in [-0.05, 0) is 114 Å². The van der Waals surface area contributed by atoms with Crippen LogP contribution in [0.3, 0.4) is 0 Å². The molecule has 0 bridgehead atoms. The van der Waals surface area contributed by atoms with Gasteiger partial charge < -0.3 is 4.90 Å². The zero-order valence-electron chi connectivity index (χ0n) is 33.3. The van der Waals surface area contributed by atoms with E-state index in [9.17, 15) is 0 Å². The SMILES string of the molecule is CC1(C)c2ccccc2-c2ccc(N(c3ccc(-c4ccccc4-c4ccccc4)cc3)c3ccc4c(c3)-c3ccccc3C4(c3ccccc3)c3ccccc3)cc21. The summed E-state index contributed by atoms with van der Waals surface area (Å²) in [7, 11) is 0. The molecule has 0 fully saturated rings. The number of nitrogens with zero attached hydrogens (tertiary/aromatic N) is 1. The lowest BCUT2D eigenvalue weighted by atomic mass is 9.68. The fourth-order valence-electron chi connectivity index (χ4n) is 10.2. The Morgan fingerprint density at radius 1 is 0.288 bits per heavy atom. The second-order valence-electron chi connectivity index (χ2n) is 16.5. The van der Waals surface area contributed by atoms with Crippen LogP contribution in [0, 0.1) is 0 Å². The molecule has 0 amide bonds. The Kier molecular flexibility index (Phi) is 8.13. The van der Waals surface area contributed by atoms with Gasteiger partial charge in [0, 0.05) is 22.5 Å². The van der Waals surface area contributed by atoms with E-state index in [4.69, 9.17) is 0 Å². The summed E-state index contributed by atoms with van der Waals surface area (Å²) in [4.78, 5) is 2.46. The van der Waals surface area contributed by atoms with E-state index >= 15 is 0 Å². The van der Waals surface area contributed by atoms with Crippen LogP contribution in [0.15, 0.2) is 224 Å². The van der Waals surface area contributed by atoms with E-state index in [0.717, 1.165) is 17.1 Å². The molecule has 0 saturated heterocycles. The van der Waals surface area contributed by atoms with Gasteiger partial charge in [-0.1, -0.05) is 202 Å². The van der Waals surface area contributed by atoms with Crippen LogP contribution in [0.5, 0.6) is 0 Å². The van der Waals surface area contributed by atoms with Crippen LogP contribution in [0.2, 0.25) is 0 Å². The number of rotatable bonds is 7. The van der Waals surface area contributed by atoms with Crippen molar-refractivity contribution in [3.63, 3.8) is 0 Å². The molecular formula is C58H43N. The molecule has 0 atom stereocenters. The minimum Gasteiger partial charge on any atom is -0.310 e. The van der Waals surface area contributed by atoms with E-state index in [0.29, 0.717) is 0 Å². The molecular weight excluding hydrogens is 711 g/mol. The van der Waals surface area contributed by atoms with Crippen molar-refractivity contribution in [2.45, 2.75) is 24.7 Å². The predicted octanol–water partition coefficient (Wildman–Crippen LogP) is 15.2.